The molecule has 5 heteroatoms. The fourth-order valence-electron chi connectivity index (χ4n) is 6.10. The molecule has 2 aromatic rings. The molecule has 2 aromatic carbocycles. The minimum atomic E-state index is -0.228. The number of hydrogen-bond donors (Lipinski definition) is 3. The van der Waals surface area contributed by atoms with Gasteiger partial charge in [0.15, 0.2) is 0 Å². The van der Waals surface area contributed by atoms with Crippen LogP contribution in [0.1, 0.15) is 113 Å². The third-order valence-electron chi connectivity index (χ3n) is 8.83. The van der Waals surface area contributed by atoms with Crippen LogP contribution in [0.15, 0.2) is 48.5 Å². The van der Waals surface area contributed by atoms with E-state index in [4.69, 9.17) is 5.73 Å². The Morgan fingerprint density at radius 2 is 1.39 bits per heavy atom. The van der Waals surface area contributed by atoms with Crippen LogP contribution >= 0.6 is 0 Å². The van der Waals surface area contributed by atoms with E-state index in [2.05, 4.69) is 31.4 Å². The zero-order chi connectivity index (χ0) is 27.3. The summed E-state index contributed by atoms with van der Waals surface area (Å²) in [5, 5.41) is 6.27. The van der Waals surface area contributed by atoms with Gasteiger partial charge in [-0.2, -0.15) is 0 Å². The molecule has 1 unspecified atom stereocenters. The first-order valence-electron chi connectivity index (χ1n) is 14.7. The van der Waals surface area contributed by atoms with Gasteiger partial charge >= 0.3 is 0 Å². The van der Waals surface area contributed by atoms with Crippen molar-refractivity contribution >= 4 is 17.5 Å². The Balaban J connectivity index is 1.22. The molecule has 2 aliphatic rings. The van der Waals surface area contributed by atoms with E-state index in [1.807, 2.05) is 55.5 Å². The number of nitrogens with one attached hydrogen (secondary N) is 2. The molecule has 0 aliphatic heterocycles. The van der Waals surface area contributed by atoms with Crippen molar-refractivity contribution in [1.29, 1.82) is 0 Å². The highest BCUT2D eigenvalue weighted by Crippen LogP contribution is 2.35. The number of anilines is 1. The van der Waals surface area contributed by atoms with E-state index in [1.165, 1.54) is 50.5 Å². The first kappa shape index (κ1) is 28.4. The topological polar surface area (TPSA) is 84.2 Å². The first-order valence-corrected chi connectivity index (χ1v) is 14.7. The summed E-state index contributed by atoms with van der Waals surface area (Å²) in [6.45, 7) is 8.43. The van der Waals surface area contributed by atoms with Gasteiger partial charge in [0, 0.05) is 23.3 Å². The normalized spacial score (nSPS) is 24.9. The molecule has 0 spiro atoms. The number of hydrogen-bond acceptors (Lipinski definition) is 3. The summed E-state index contributed by atoms with van der Waals surface area (Å²) in [5.74, 6) is 1.39. The average Bonchev–Trinajstić information content (AvgIpc) is 2.90. The van der Waals surface area contributed by atoms with Crippen LogP contribution in [0.3, 0.4) is 0 Å². The third kappa shape index (κ3) is 7.69. The summed E-state index contributed by atoms with van der Waals surface area (Å²) in [7, 11) is 0. The molecule has 5 nitrogen and oxygen atoms in total. The zero-order valence-electron chi connectivity index (χ0n) is 23.8. The molecule has 0 heterocycles. The van der Waals surface area contributed by atoms with E-state index in [0.717, 1.165) is 35.9 Å². The molecule has 206 valence electrons. The van der Waals surface area contributed by atoms with E-state index >= 15 is 0 Å². The molecule has 2 saturated carbocycles. The lowest BCUT2D eigenvalue weighted by atomic mass is 9.76. The number of nitrogens with two attached hydrogens (primary N) is 1. The largest absolute Gasteiger partial charge is 0.353 e. The van der Waals surface area contributed by atoms with E-state index in [9.17, 15) is 9.59 Å². The highest BCUT2D eigenvalue weighted by atomic mass is 16.2. The molecular formula is C33H47N3O2. The highest BCUT2D eigenvalue weighted by Gasteiger charge is 2.28. The van der Waals surface area contributed by atoms with Crippen molar-refractivity contribution in [3.05, 3.63) is 65.2 Å². The van der Waals surface area contributed by atoms with Crippen molar-refractivity contribution in [3.8, 4) is 0 Å². The van der Waals surface area contributed by atoms with Crippen molar-refractivity contribution in [2.24, 2.45) is 17.6 Å². The number of carbonyl (C=O) groups is 2. The van der Waals surface area contributed by atoms with Gasteiger partial charge in [0.05, 0.1) is 5.92 Å². The van der Waals surface area contributed by atoms with Crippen LogP contribution < -0.4 is 16.4 Å². The quantitative estimate of drug-likeness (QED) is 0.373. The number of carbonyl (C=O) groups excluding carboxylic acids is 2. The molecule has 2 fully saturated rings. The number of rotatable bonds is 7. The van der Waals surface area contributed by atoms with Gasteiger partial charge < -0.3 is 16.4 Å². The average molecular weight is 518 g/mol. The maximum Gasteiger partial charge on any atom is 0.255 e. The lowest BCUT2D eigenvalue weighted by Gasteiger charge is -2.34. The van der Waals surface area contributed by atoms with Crippen LogP contribution in [0.2, 0.25) is 0 Å². The fourth-order valence-corrected chi connectivity index (χ4v) is 6.10. The lowest BCUT2D eigenvalue weighted by Crippen LogP contribution is -2.40. The van der Waals surface area contributed by atoms with Gasteiger partial charge in [-0.25, -0.2) is 0 Å². The van der Waals surface area contributed by atoms with Gasteiger partial charge in [0.1, 0.15) is 0 Å². The van der Waals surface area contributed by atoms with Crippen molar-refractivity contribution in [3.63, 3.8) is 0 Å². The second kappa shape index (κ2) is 12.5. The smallest absolute Gasteiger partial charge is 0.255 e. The molecule has 2 aliphatic carbocycles. The molecule has 4 N–H and O–H groups in total. The van der Waals surface area contributed by atoms with Gasteiger partial charge in [0.2, 0.25) is 5.91 Å². The maximum atomic E-state index is 13.0. The molecule has 38 heavy (non-hydrogen) atoms. The van der Waals surface area contributed by atoms with Crippen molar-refractivity contribution < 1.29 is 9.59 Å². The predicted molar refractivity (Wildman–Crippen MR) is 156 cm³/mol. The molecule has 2 amide bonds. The van der Waals surface area contributed by atoms with Gasteiger partial charge in [-0.1, -0.05) is 45.0 Å². The Bertz CT molecular complexity index is 1050. The summed E-state index contributed by atoms with van der Waals surface area (Å²) >= 11 is 0. The summed E-state index contributed by atoms with van der Waals surface area (Å²) in [6.07, 6.45) is 10.9. The van der Waals surface area contributed by atoms with Crippen molar-refractivity contribution in [1.82, 2.24) is 5.32 Å². The fraction of sp³-hybridized carbons (Fsp3) is 0.576. The third-order valence-corrected chi connectivity index (χ3v) is 8.83. The minimum Gasteiger partial charge on any atom is -0.353 e. The Morgan fingerprint density at radius 3 is 1.95 bits per heavy atom. The van der Waals surface area contributed by atoms with Gasteiger partial charge in [-0.3, -0.25) is 9.59 Å². The monoisotopic (exact) mass is 517 g/mol. The highest BCUT2D eigenvalue weighted by molar-refractivity contribution is 6.04. The van der Waals surface area contributed by atoms with Gasteiger partial charge in [-0.05, 0) is 117 Å². The molecule has 4 rings (SSSR count). The second-order valence-corrected chi connectivity index (χ2v) is 12.9. The van der Waals surface area contributed by atoms with Crippen LogP contribution in [0.25, 0.3) is 0 Å². The zero-order valence-corrected chi connectivity index (χ0v) is 23.8. The number of benzene rings is 2. The summed E-state index contributed by atoms with van der Waals surface area (Å²) in [5.41, 5.74) is 9.63. The van der Waals surface area contributed by atoms with E-state index in [0.29, 0.717) is 11.6 Å². The molecule has 0 aromatic heterocycles. The Kier molecular flexibility index (Phi) is 9.30. The van der Waals surface area contributed by atoms with Gasteiger partial charge in [-0.15, -0.1) is 0 Å². The molecule has 0 radical (unpaired) electrons. The molecular weight excluding hydrogens is 470 g/mol. The molecule has 0 bridgehead atoms. The van der Waals surface area contributed by atoms with Crippen LogP contribution in [0.4, 0.5) is 5.69 Å². The standard InChI is InChI=1S/C33H47N3O2/c1-22(31(37)35-29-17-7-24(8-18-29)21-23-5-15-28(34)16-6-23)25-11-19-30(20-12-25)36-32(38)26-9-13-27(14-10-26)33(2,3)4/h9-14,19-20,22-24,28-29H,5-8,15-18,21,34H2,1-4H3,(H,35,37)(H,36,38). The second-order valence-electron chi connectivity index (χ2n) is 12.9. The Morgan fingerprint density at radius 1 is 0.842 bits per heavy atom. The SMILES string of the molecule is CC(C(=O)NC1CCC(CC2CCC(N)CC2)CC1)c1ccc(NC(=O)c2ccc(C(C)(C)C)cc2)cc1. The molecule has 0 saturated heterocycles. The summed E-state index contributed by atoms with van der Waals surface area (Å²) < 4.78 is 0. The van der Waals surface area contributed by atoms with E-state index in [1.54, 1.807) is 0 Å². The van der Waals surface area contributed by atoms with E-state index in [-0.39, 0.29) is 29.2 Å². The van der Waals surface area contributed by atoms with Crippen LogP contribution in [-0.4, -0.2) is 23.9 Å². The van der Waals surface area contributed by atoms with Gasteiger partial charge in [0.25, 0.3) is 5.91 Å². The predicted octanol–water partition coefficient (Wildman–Crippen LogP) is 6.92. The van der Waals surface area contributed by atoms with Crippen molar-refractivity contribution in [2.75, 3.05) is 5.32 Å². The Hall–Kier alpha value is -2.66. The van der Waals surface area contributed by atoms with Crippen molar-refractivity contribution in [2.45, 2.75) is 109 Å². The van der Waals surface area contributed by atoms with E-state index < -0.39 is 0 Å². The summed E-state index contributed by atoms with van der Waals surface area (Å²) in [6, 6.07) is 16.1. The van der Waals surface area contributed by atoms with Crippen LogP contribution in [-0.2, 0) is 10.2 Å². The summed E-state index contributed by atoms with van der Waals surface area (Å²) in [4.78, 5) is 25.7. The van der Waals surface area contributed by atoms with Crippen LogP contribution in [0.5, 0.6) is 0 Å². The lowest BCUT2D eigenvalue weighted by molar-refractivity contribution is -0.123. The Labute approximate surface area is 229 Å². The minimum absolute atomic E-state index is 0.0528. The molecule has 1 atom stereocenters. The van der Waals surface area contributed by atoms with Crippen LogP contribution in [0, 0.1) is 11.8 Å². The number of amides is 2. The first-order chi connectivity index (χ1) is 18.1. The maximum absolute atomic E-state index is 13.0.